The van der Waals surface area contributed by atoms with Crippen molar-refractivity contribution >= 4 is 21.9 Å². The summed E-state index contributed by atoms with van der Waals surface area (Å²) in [5.41, 5.74) is 1.71. The topological polar surface area (TPSA) is 26.3 Å². The van der Waals surface area contributed by atoms with Crippen LogP contribution < -0.4 is 0 Å². The van der Waals surface area contributed by atoms with E-state index in [1.807, 2.05) is 18.2 Å². The zero-order valence-corrected chi connectivity index (χ0v) is 9.87. The Morgan fingerprint density at radius 1 is 1.57 bits per heavy atom. The maximum absolute atomic E-state index is 11.2. The normalized spacial score (nSPS) is 12.2. The molecular weight excluding hydrogens is 244 g/mol. The molecule has 0 bridgehead atoms. The number of rotatable bonds is 3. The third-order valence-corrected chi connectivity index (χ3v) is 3.20. The molecule has 0 amide bonds. The Morgan fingerprint density at radius 2 is 2.29 bits per heavy atom. The Kier molecular flexibility index (Phi) is 4.14. The molecule has 0 N–H and O–H groups in total. The van der Waals surface area contributed by atoms with Crippen molar-refractivity contribution in [2.45, 2.75) is 18.2 Å². The van der Waals surface area contributed by atoms with Gasteiger partial charge in [-0.2, -0.15) is 0 Å². The number of benzene rings is 1. The molecule has 0 spiro atoms. The van der Waals surface area contributed by atoms with Crippen LogP contribution >= 0.6 is 15.9 Å². The van der Waals surface area contributed by atoms with Crippen LogP contribution in [0.3, 0.4) is 0 Å². The Morgan fingerprint density at radius 3 is 2.86 bits per heavy atom. The molecule has 3 heteroatoms. The van der Waals surface area contributed by atoms with Crippen LogP contribution in [-0.2, 0) is 4.74 Å². The van der Waals surface area contributed by atoms with E-state index in [0.29, 0.717) is 10.4 Å². The minimum Gasteiger partial charge on any atom is -0.465 e. The van der Waals surface area contributed by atoms with Gasteiger partial charge in [-0.1, -0.05) is 35.0 Å². The van der Waals surface area contributed by atoms with Crippen molar-refractivity contribution in [3.05, 3.63) is 35.4 Å². The molecule has 1 atom stereocenters. The fourth-order valence-corrected chi connectivity index (χ4v) is 1.50. The Balaban J connectivity index is 2.95. The summed E-state index contributed by atoms with van der Waals surface area (Å²) in [4.78, 5) is 11.5. The maximum Gasteiger partial charge on any atom is 0.337 e. The number of hydrogen-bond donors (Lipinski definition) is 0. The highest BCUT2D eigenvalue weighted by molar-refractivity contribution is 9.09. The molecule has 0 aromatic heterocycles. The van der Waals surface area contributed by atoms with E-state index in [9.17, 15) is 4.79 Å². The summed E-state index contributed by atoms with van der Waals surface area (Å²) in [6.07, 6.45) is 0.991. The summed E-state index contributed by atoms with van der Waals surface area (Å²) < 4.78 is 4.65. The first-order chi connectivity index (χ1) is 6.69. The van der Waals surface area contributed by atoms with Crippen LogP contribution in [0.4, 0.5) is 0 Å². The molecule has 0 aliphatic carbocycles. The van der Waals surface area contributed by atoms with Crippen molar-refractivity contribution < 1.29 is 9.53 Å². The molecule has 0 heterocycles. The minimum absolute atomic E-state index is 0.289. The van der Waals surface area contributed by atoms with Crippen LogP contribution in [-0.4, -0.2) is 13.1 Å². The highest BCUT2D eigenvalue weighted by Crippen LogP contribution is 2.26. The van der Waals surface area contributed by atoms with Crippen molar-refractivity contribution in [2.75, 3.05) is 7.11 Å². The summed E-state index contributed by atoms with van der Waals surface area (Å²) in [7, 11) is 1.39. The van der Waals surface area contributed by atoms with Gasteiger partial charge in [-0.25, -0.2) is 4.79 Å². The number of esters is 1. The fraction of sp³-hybridized carbons (Fsp3) is 0.364. The summed E-state index contributed by atoms with van der Waals surface area (Å²) in [5.74, 6) is -0.289. The van der Waals surface area contributed by atoms with Gasteiger partial charge in [0.1, 0.15) is 0 Å². The van der Waals surface area contributed by atoms with Crippen molar-refractivity contribution in [3.63, 3.8) is 0 Å². The lowest BCUT2D eigenvalue weighted by atomic mass is 10.1. The van der Waals surface area contributed by atoms with Gasteiger partial charge < -0.3 is 4.74 Å². The zero-order chi connectivity index (χ0) is 10.6. The molecule has 0 radical (unpaired) electrons. The molecule has 0 unspecified atom stereocenters. The molecule has 1 rings (SSSR count). The van der Waals surface area contributed by atoms with E-state index in [4.69, 9.17) is 0 Å². The van der Waals surface area contributed by atoms with Gasteiger partial charge >= 0.3 is 5.97 Å². The Labute approximate surface area is 92.4 Å². The lowest BCUT2D eigenvalue weighted by Gasteiger charge is -2.08. The number of carbonyl (C=O) groups is 1. The first kappa shape index (κ1) is 11.2. The Hall–Kier alpha value is -0.830. The molecule has 1 aromatic rings. The molecule has 0 aliphatic rings. The number of carbonyl (C=O) groups excluding carboxylic acids is 1. The minimum atomic E-state index is -0.289. The number of halogens is 1. The molecule has 0 saturated carbocycles. The molecule has 0 aliphatic heterocycles. The van der Waals surface area contributed by atoms with E-state index in [2.05, 4.69) is 27.6 Å². The highest BCUT2D eigenvalue weighted by atomic mass is 79.9. The quantitative estimate of drug-likeness (QED) is 0.613. The lowest BCUT2D eigenvalue weighted by Crippen LogP contribution is -2.02. The standard InChI is InChI=1S/C11H13BrO2/c1-3-10(12)8-5-4-6-9(7-8)11(13)14-2/h4-7,10H,3H2,1-2H3/t10-/m1/s1. The molecule has 0 fully saturated rings. The van der Waals surface area contributed by atoms with Gasteiger partial charge in [0.15, 0.2) is 0 Å². The van der Waals surface area contributed by atoms with Gasteiger partial charge in [-0.3, -0.25) is 0 Å². The lowest BCUT2D eigenvalue weighted by molar-refractivity contribution is 0.0600. The summed E-state index contributed by atoms with van der Waals surface area (Å²) in [6, 6.07) is 7.47. The van der Waals surface area contributed by atoms with Gasteiger partial charge in [0.05, 0.1) is 12.7 Å². The van der Waals surface area contributed by atoms with Gasteiger partial charge in [0, 0.05) is 4.83 Å². The first-order valence-corrected chi connectivity index (χ1v) is 5.43. The van der Waals surface area contributed by atoms with Crippen LogP contribution in [0.1, 0.15) is 34.1 Å². The molecule has 1 aromatic carbocycles. The first-order valence-electron chi connectivity index (χ1n) is 4.51. The monoisotopic (exact) mass is 256 g/mol. The average molecular weight is 257 g/mol. The second-order valence-electron chi connectivity index (χ2n) is 2.99. The predicted octanol–water partition coefficient (Wildman–Crippen LogP) is 3.32. The van der Waals surface area contributed by atoms with Crippen molar-refractivity contribution in [2.24, 2.45) is 0 Å². The molecule has 2 nitrogen and oxygen atoms in total. The van der Waals surface area contributed by atoms with Gasteiger partial charge in [0.2, 0.25) is 0 Å². The SMILES string of the molecule is CC[C@@H](Br)c1cccc(C(=O)OC)c1. The highest BCUT2D eigenvalue weighted by Gasteiger charge is 2.09. The van der Waals surface area contributed by atoms with E-state index in [-0.39, 0.29) is 5.97 Å². The molecule has 76 valence electrons. The third-order valence-electron chi connectivity index (χ3n) is 2.03. The van der Waals surface area contributed by atoms with Crippen LogP contribution in [0.25, 0.3) is 0 Å². The van der Waals surface area contributed by atoms with E-state index in [0.717, 1.165) is 12.0 Å². The maximum atomic E-state index is 11.2. The number of hydrogen-bond acceptors (Lipinski definition) is 2. The van der Waals surface area contributed by atoms with Gasteiger partial charge in [-0.05, 0) is 24.1 Å². The third kappa shape index (κ3) is 2.58. The zero-order valence-electron chi connectivity index (χ0n) is 8.29. The van der Waals surface area contributed by atoms with E-state index in [1.54, 1.807) is 6.07 Å². The summed E-state index contributed by atoms with van der Waals surface area (Å²) in [5, 5.41) is 0. The second-order valence-corrected chi connectivity index (χ2v) is 4.10. The Bertz CT molecular complexity index is 323. The average Bonchev–Trinajstić information content (AvgIpc) is 2.27. The largest absolute Gasteiger partial charge is 0.465 e. The summed E-state index contributed by atoms with van der Waals surface area (Å²) in [6.45, 7) is 2.09. The molecular formula is C11H13BrO2. The number of methoxy groups -OCH3 is 1. The number of ether oxygens (including phenoxy) is 1. The van der Waals surface area contributed by atoms with E-state index in [1.165, 1.54) is 7.11 Å². The van der Waals surface area contributed by atoms with E-state index >= 15 is 0 Å². The van der Waals surface area contributed by atoms with Crippen LogP contribution in [0.2, 0.25) is 0 Å². The summed E-state index contributed by atoms with van der Waals surface area (Å²) >= 11 is 3.54. The van der Waals surface area contributed by atoms with Gasteiger partial charge in [-0.15, -0.1) is 0 Å². The van der Waals surface area contributed by atoms with Crippen LogP contribution in [0, 0.1) is 0 Å². The van der Waals surface area contributed by atoms with Gasteiger partial charge in [0.25, 0.3) is 0 Å². The predicted molar refractivity (Wildman–Crippen MR) is 59.7 cm³/mol. The van der Waals surface area contributed by atoms with E-state index < -0.39 is 0 Å². The van der Waals surface area contributed by atoms with Crippen molar-refractivity contribution in [1.82, 2.24) is 0 Å². The van der Waals surface area contributed by atoms with Crippen molar-refractivity contribution in [1.29, 1.82) is 0 Å². The van der Waals surface area contributed by atoms with Crippen molar-refractivity contribution in [3.8, 4) is 0 Å². The molecule has 0 saturated heterocycles. The number of alkyl halides is 1. The molecule has 14 heavy (non-hydrogen) atoms. The van der Waals surface area contributed by atoms with Crippen LogP contribution in [0.5, 0.6) is 0 Å². The fourth-order valence-electron chi connectivity index (χ4n) is 1.21. The second kappa shape index (κ2) is 5.15. The smallest absolute Gasteiger partial charge is 0.337 e. The van der Waals surface area contributed by atoms with Crippen LogP contribution in [0.15, 0.2) is 24.3 Å².